The molecular weight excluding hydrogens is 330 g/mol. The summed E-state index contributed by atoms with van der Waals surface area (Å²) in [5, 5.41) is 0.414. The predicted molar refractivity (Wildman–Crippen MR) is 103 cm³/mol. The van der Waals surface area contributed by atoms with Crippen molar-refractivity contribution >= 4 is 17.7 Å². The van der Waals surface area contributed by atoms with Crippen molar-refractivity contribution in [3.8, 4) is 16.9 Å². The molecule has 25 heavy (non-hydrogen) atoms. The van der Waals surface area contributed by atoms with E-state index >= 15 is 0 Å². The lowest BCUT2D eigenvalue weighted by Gasteiger charge is -2.18. The molecule has 128 valence electrons. The molecule has 1 aromatic heterocycles. The first-order valence-electron chi connectivity index (χ1n) is 8.14. The van der Waals surface area contributed by atoms with E-state index in [9.17, 15) is 4.79 Å². The molecule has 0 bridgehead atoms. The van der Waals surface area contributed by atoms with E-state index in [-0.39, 0.29) is 11.2 Å². The third-order valence-corrected chi connectivity index (χ3v) is 5.23. The Morgan fingerprint density at radius 2 is 1.72 bits per heavy atom. The Hall–Kier alpha value is -2.53. The zero-order chi connectivity index (χ0) is 18.0. The fourth-order valence-corrected chi connectivity index (χ4v) is 3.66. The van der Waals surface area contributed by atoms with Gasteiger partial charge in [0.05, 0.1) is 22.8 Å². The van der Waals surface area contributed by atoms with E-state index in [4.69, 9.17) is 5.73 Å². The first-order chi connectivity index (χ1) is 12.0. The van der Waals surface area contributed by atoms with Gasteiger partial charge in [0.25, 0.3) is 0 Å². The highest BCUT2D eigenvalue weighted by Crippen LogP contribution is 2.34. The second-order valence-electron chi connectivity index (χ2n) is 6.03. The number of hydrogen-bond acceptors (Lipinski definition) is 3. The molecule has 0 aliphatic carbocycles. The molecule has 0 saturated heterocycles. The van der Waals surface area contributed by atoms with E-state index in [1.54, 1.807) is 6.92 Å². The number of primary amides is 1. The van der Waals surface area contributed by atoms with Crippen LogP contribution in [0, 0.1) is 13.8 Å². The number of carbonyl (C=O) groups is 1. The van der Waals surface area contributed by atoms with Crippen molar-refractivity contribution in [2.45, 2.75) is 31.2 Å². The largest absolute Gasteiger partial charge is 0.369 e. The van der Waals surface area contributed by atoms with Crippen molar-refractivity contribution in [2.24, 2.45) is 5.73 Å². The van der Waals surface area contributed by atoms with Crippen molar-refractivity contribution in [2.75, 3.05) is 0 Å². The minimum atomic E-state index is -0.353. The van der Waals surface area contributed by atoms with E-state index in [1.165, 1.54) is 11.8 Å². The smallest absolute Gasteiger partial charge is 0.230 e. The SMILES string of the molecule is Cc1cccc(C)c1-n1c(-c2ccccc2)cnc1SC(C)C(N)=O. The summed E-state index contributed by atoms with van der Waals surface area (Å²) in [6, 6.07) is 16.4. The number of thioether (sulfide) groups is 1. The van der Waals surface area contributed by atoms with Gasteiger partial charge in [0.2, 0.25) is 5.91 Å². The van der Waals surface area contributed by atoms with Gasteiger partial charge < -0.3 is 5.73 Å². The molecule has 1 amide bonds. The number of benzene rings is 2. The zero-order valence-electron chi connectivity index (χ0n) is 14.6. The number of imidazole rings is 1. The van der Waals surface area contributed by atoms with Crippen LogP contribution in [0.1, 0.15) is 18.1 Å². The fraction of sp³-hybridized carbons (Fsp3) is 0.200. The normalized spacial score (nSPS) is 12.1. The Balaban J connectivity index is 2.22. The Kier molecular flexibility index (Phi) is 4.95. The lowest BCUT2D eigenvalue weighted by atomic mass is 10.1. The van der Waals surface area contributed by atoms with Gasteiger partial charge >= 0.3 is 0 Å². The van der Waals surface area contributed by atoms with Crippen LogP contribution in [0.3, 0.4) is 0 Å². The van der Waals surface area contributed by atoms with Gasteiger partial charge in [-0.3, -0.25) is 9.36 Å². The van der Waals surface area contributed by atoms with Crippen molar-refractivity contribution in [1.29, 1.82) is 0 Å². The molecule has 4 nitrogen and oxygen atoms in total. The summed E-state index contributed by atoms with van der Waals surface area (Å²) in [5.41, 5.74) is 10.9. The number of aryl methyl sites for hydroxylation is 2. The highest BCUT2D eigenvalue weighted by atomic mass is 32.2. The molecule has 0 saturated carbocycles. The fourth-order valence-electron chi connectivity index (χ4n) is 2.82. The van der Waals surface area contributed by atoms with Crippen LogP contribution >= 0.6 is 11.8 Å². The molecule has 2 aromatic carbocycles. The summed E-state index contributed by atoms with van der Waals surface area (Å²) in [4.78, 5) is 16.1. The average Bonchev–Trinajstić information content (AvgIpc) is 2.99. The summed E-state index contributed by atoms with van der Waals surface area (Å²) in [6.07, 6.45) is 1.86. The molecule has 5 heteroatoms. The van der Waals surface area contributed by atoms with Crippen LogP contribution in [-0.4, -0.2) is 20.7 Å². The molecule has 3 aromatic rings. The molecule has 1 heterocycles. The van der Waals surface area contributed by atoms with E-state index in [2.05, 4.69) is 47.7 Å². The molecule has 2 N–H and O–H groups in total. The van der Waals surface area contributed by atoms with Crippen LogP contribution in [-0.2, 0) is 4.79 Å². The highest BCUT2D eigenvalue weighted by molar-refractivity contribution is 8.00. The first-order valence-corrected chi connectivity index (χ1v) is 9.02. The first kappa shape index (κ1) is 17.3. The van der Waals surface area contributed by atoms with Crippen LogP contribution in [0.15, 0.2) is 59.9 Å². The van der Waals surface area contributed by atoms with Crippen molar-refractivity contribution in [1.82, 2.24) is 9.55 Å². The maximum absolute atomic E-state index is 11.5. The lowest BCUT2D eigenvalue weighted by molar-refractivity contribution is -0.117. The minimum absolute atomic E-state index is 0.345. The number of carbonyl (C=O) groups excluding carboxylic acids is 1. The van der Waals surface area contributed by atoms with Gasteiger partial charge in [0.15, 0.2) is 5.16 Å². The molecule has 0 aliphatic rings. The molecule has 1 atom stereocenters. The summed E-state index contributed by atoms with van der Waals surface area (Å²) in [6.45, 7) is 5.98. The maximum atomic E-state index is 11.5. The maximum Gasteiger partial charge on any atom is 0.230 e. The molecular formula is C20H21N3OS. The van der Waals surface area contributed by atoms with Crippen LogP contribution in [0.2, 0.25) is 0 Å². The molecule has 3 rings (SSSR count). The van der Waals surface area contributed by atoms with E-state index in [0.717, 1.165) is 33.2 Å². The van der Waals surface area contributed by atoms with E-state index in [0.29, 0.717) is 0 Å². The second kappa shape index (κ2) is 7.15. The third kappa shape index (κ3) is 3.46. The van der Waals surface area contributed by atoms with Gasteiger partial charge in [-0.15, -0.1) is 0 Å². The molecule has 0 aliphatic heterocycles. The van der Waals surface area contributed by atoms with Crippen molar-refractivity contribution in [3.05, 3.63) is 65.9 Å². The highest BCUT2D eigenvalue weighted by Gasteiger charge is 2.20. The summed E-state index contributed by atoms with van der Waals surface area (Å²) < 4.78 is 2.13. The Morgan fingerprint density at radius 3 is 2.32 bits per heavy atom. The second-order valence-corrected chi connectivity index (χ2v) is 7.34. The third-order valence-electron chi connectivity index (χ3n) is 4.14. The Labute approximate surface area is 152 Å². The van der Waals surface area contributed by atoms with Gasteiger partial charge in [0, 0.05) is 5.56 Å². The Bertz CT molecular complexity index is 882. The standard InChI is InChI=1S/C20H21N3OS/c1-13-8-7-9-14(2)18(13)23-17(16-10-5-4-6-11-16)12-22-20(23)25-15(3)19(21)24/h4-12,15H,1-3H3,(H2,21,24). The predicted octanol–water partition coefficient (Wildman–Crippen LogP) is 4.12. The van der Waals surface area contributed by atoms with E-state index < -0.39 is 0 Å². The van der Waals surface area contributed by atoms with Crippen LogP contribution in [0.4, 0.5) is 0 Å². The molecule has 0 spiro atoms. The van der Waals surface area contributed by atoms with Gasteiger partial charge in [-0.1, -0.05) is 60.3 Å². The van der Waals surface area contributed by atoms with Gasteiger partial charge in [-0.25, -0.2) is 4.98 Å². The minimum Gasteiger partial charge on any atom is -0.369 e. The molecule has 0 fully saturated rings. The van der Waals surface area contributed by atoms with Gasteiger partial charge in [-0.05, 0) is 31.9 Å². The van der Waals surface area contributed by atoms with Crippen LogP contribution < -0.4 is 5.73 Å². The Morgan fingerprint density at radius 1 is 1.08 bits per heavy atom. The van der Waals surface area contributed by atoms with Crippen molar-refractivity contribution < 1.29 is 4.79 Å². The number of aromatic nitrogens is 2. The average molecular weight is 351 g/mol. The molecule has 0 radical (unpaired) electrons. The lowest BCUT2D eigenvalue weighted by Crippen LogP contribution is -2.23. The van der Waals surface area contributed by atoms with Gasteiger partial charge in [0.1, 0.15) is 0 Å². The van der Waals surface area contributed by atoms with Crippen molar-refractivity contribution in [3.63, 3.8) is 0 Å². The van der Waals surface area contributed by atoms with Gasteiger partial charge in [-0.2, -0.15) is 0 Å². The summed E-state index contributed by atoms with van der Waals surface area (Å²) >= 11 is 1.38. The number of rotatable bonds is 5. The number of nitrogens with zero attached hydrogens (tertiary/aromatic N) is 2. The van der Waals surface area contributed by atoms with Crippen LogP contribution in [0.25, 0.3) is 16.9 Å². The summed E-state index contributed by atoms with van der Waals surface area (Å²) in [7, 11) is 0. The van der Waals surface area contributed by atoms with E-state index in [1.807, 2.05) is 30.5 Å². The zero-order valence-corrected chi connectivity index (χ0v) is 15.4. The summed E-state index contributed by atoms with van der Waals surface area (Å²) in [5.74, 6) is -0.345. The number of para-hydroxylation sites is 1. The molecule has 1 unspecified atom stereocenters. The monoisotopic (exact) mass is 351 g/mol. The number of nitrogens with two attached hydrogens (primary N) is 1. The van der Waals surface area contributed by atoms with Crippen LogP contribution in [0.5, 0.6) is 0 Å². The number of amides is 1. The topological polar surface area (TPSA) is 60.9 Å². The quantitative estimate of drug-likeness (QED) is 0.703. The number of hydrogen-bond donors (Lipinski definition) is 1.